The molecule has 0 radical (unpaired) electrons. The lowest BCUT2D eigenvalue weighted by Crippen LogP contribution is -2.14. The molecule has 8 heteroatoms. The van der Waals surface area contributed by atoms with Crippen molar-refractivity contribution in [1.82, 2.24) is 0 Å². The van der Waals surface area contributed by atoms with E-state index in [-0.39, 0.29) is 22.8 Å². The zero-order valence-corrected chi connectivity index (χ0v) is 14.0. The van der Waals surface area contributed by atoms with Crippen LogP contribution in [0.3, 0.4) is 0 Å². The number of carbonyl (C=O) groups excluding carboxylic acids is 1. The Morgan fingerprint density at radius 1 is 1.04 bits per heavy atom. The summed E-state index contributed by atoms with van der Waals surface area (Å²) < 4.78 is 38.4. The van der Waals surface area contributed by atoms with Gasteiger partial charge in [0.25, 0.3) is 0 Å². The lowest BCUT2D eigenvalue weighted by atomic mass is 10.2. The van der Waals surface area contributed by atoms with Gasteiger partial charge in [0.05, 0.1) is 19.1 Å². The largest absolute Gasteiger partial charge is 0.496 e. The number of hydrogen-bond donors (Lipinski definition) is 1. The maximum absolute atomic E-state index is 12.3. The predicted molar refractivity (Wildman–Crippen MR) is 86.5 cm³/mol. The van der Waals surface area contributed by atoms with Crippen LogP contribution in [0.1, 0.15) is 15.9 Å². The van der Waals surface area contributed by atoms with Crippen LogP contribution in [0.4, 0.5) is 0 Å². The zero-order chi connectivity index (χ0) is 17.7. The van der Waals surface area contributed by atoms with Gasteiger partial charge in [0.15, 0.2) is 0 Å². The number of para-hydroxylation sites is 1. The van der Waals surface area contributed by atoms with Crippen molar-refractivity contribution in [2.24, 2.45) is 5.14 Å². The van der Waals surface area contributed by atoms with E-state index in [1.807, 2.05) is 0 Å². The van der Waals surface area contributed by atoms with Crippen LogP contribution >= 0.6 is 0 Å². The van der Waals surface area contributed by atoms with E-state index in [9.17, 15) is 13.2 Å². The Labute approximate surface area is 140 Å². The molecule has 2 aromatic rings. The van der Waals surface area contributed by atoms with Gasteiger partial charge < -0.3 is 14.2 Å². The minimum atomic E-state index is -3.94. The summed E-state index contributed by atoms with van der Waals surface area (Å²) in [6, 6.07) is 10.8. The normalized spacial score (nSPS) is 11.0. The Morgan fingerprint density at radius 2 is 1.71 bits per heavy atom. The summed E-state index contributed by atoms with van der Waals surface area (Å²) in [4.78, 5) is 12.1. The van der Waals surface area contributed by atoms with E-state index in [0.717, 1.165) is 6.07 Å². The Bertz CT molecular complexity index is 847. The van der Waals surface area contributed by atoms with Gasteiger partial charge >= 0.3 is 5.97 Å². The van der Waals surface area contributed by atoms with Gasteiger partial charge in [0.1, 0.15) is 23.7 Å². The maximum Gasteiger partial charge on any atom is 0.342 e. The highest BCUT2D eigenvalue weighted by molar-refractivity contribution is 7.89. The summed E-state index contributed by atoms with van der Waals surface area (Å²) in [5, 5.41) is 5.08. The minimum Gasteiger partial charge on any atom is -0.496 e. The molecule has 2 aromatic carbocycles. The van der Waals surface area contributed by atoms with Crippen LogP contribution in [0.25, 0.3) is 0 Å². The first-order chi connectivity index (χ1) is 11.4. The third-order valence-electron chi connectivity index (χ3n) is 3.27. The number of ether oxygens (including phenoxy) is 3. The molecule has 2 rings (SSSR count). The van der Waals surface area contributed by atoms with Crippen molar-refractivity contribution in [1.29, 1.82) is 0 Å². The van der Waals surface area contributed by atoms with Crippen molar-refractivity contribution >= 4 is 16.0 Å². The first-order valence-electron chi connectivity index (χ1n) is 6.86. The molecule has 0 amide bonds. The molecule has 0 bridgehead atoms. The molecule has 0 saturated carbocycles. The molecule has 0 saturated heterocycles. The van der Waals surface area contributed by atoms with E-state index < -0.39 is 16.0 Å². The van der Waals surface area contributed by atoms with Crippen LogP contribution in [0.2, 0.25) is 0 Å². The van der Waals surface area contributed by atoms with Gasteiger partial charge in [-0.3, -0.25) is 0 Å². The van der Waals surface area contributed by atoms with Gasteiger partial charge in [-0.1, -0.05) is 18.2 Å². The number of rotatable bonds is 6. The van der Waals surface area contributed by atoms with Crippen LogP contribution in [0.15, 0.2) is 47.4 Å². The molecule has 0 aromatic heterocycles. The summed E-state index contributed by atoms with van der Waals surface area (Å²) in [6.45, 7) is -0.0361. The quantitative estimate of drug-likeness (QED) is 0.794. The van der Waals surface area contributed by atoms with E-state index in [4.69, 9.17) is 19.3 Å². The van der Waals surface area contributed by atoms with Crippen molar-refractivity contribution < 1.29 is 27.4 Å². The molecule has 0 aliphatic rings. The number of methoxy groups -OCH3 is 2. The number of primary sulfonamides is 1. The first-order valence-corrected chi connectivity index (χ1v) is 8.41. The first kappa shape index (κ1) is 17.8. The summed E-state index contributed by atoms with van der Waals surface area (Å²) in [6.07, 6.45) is 0. The number of sulfonamides is 1. The van der Waals surface area contributed by atoms with E-state index in [2.05, 4.69) is 0 Å². The standard InChI is InChI=1S/C16H17NO6S/c1-21-14-6-4-3-5-11(14)10-23-16(18)13-9-12(24(17,19)20)7-8-15(13)22-2/h3-9H,10H2,1-2H3,(H2,17,19,20). The molecule has 0 aliphatic heterocycles. The molecule has 0 atom stereocenters. The van der Waals surface area contributed by atoms with Gasteiger partial charge in [0, 0.05) is 5.56 Å². The maximum atomic E-state index is 12.3. The highest BCUT2D eigenvalue weighted by Gasteiger charge is 2.19. The van der Waals surface area contributed by atoms with Crippen LogP contribution in [0, 0.1) is 0 Å². The molecule has 0 fully saturated rings. The molecular formula is C16H17NO6S. The molecule has 0 aliphatic carbocycles. The molecular weight excluding hydrogens is 334 g/mol. The van der Waals surface area contributed by atoms with Crippen LogP contribution in [0.5, 0.6) is 11.5 Å². The Morgan fingerprint density at radius 3 is 2.33 bits per heavy atom. The zero-order valence-electron chi connectivity index (χ0n) is 13.2. The van der Waals surface area contributed by atoms with Gasteiger partial charge in [-0.25, -0.2) is 18.4 Å². The molecule has 0 heterocycles. The summed E-state index contributed by atoms with van der Waals surface area (Å²) in [7, 11) is -1.07. The second-order valence-electron chi connectivity index (χ2n) is 4.80. The topological polar surface area (TPSA) is 105 Å². The lowest BCUT2D eigenvalue weighted by Gasteiger charge is -2.11. The fourth-order valence-electron chi connectivity index (χ4n) is 2.07. The van der Waals surface area contributed by atoms with Gasteiger partial charge in [-0.2, -0.15) is 0 Å². The van der Waals surface area contributed by atoms with Crippen LogP contribution in [-0.2, 0) is 21.4 Å². The van der Waals surface area contributed by atoms with E-state index in [1.165, 1.54) is 26.4 Å². The highest BCUT2D eigenvalue weighted by atomic mass is 32.2. The molecule has 7 nitrogen and oxygen atoms in total. The van der Waals surface area contributed by atoms with Crippen LogP contribution in [-0.4, -0.2) is 28.6 Å². The second kappa shape index (κ2) is 7.33. The fraction of sp³-hybridized carbons (Fsp3) is 0.188. The van der Waals surface area contributed by atoms with Crippen molar-refractivity contribution in [3.63, 3.8) is 0 Å². The van der Waals surface area contributed by atoms with Gasteiger partial charge in [-0.05, 0) is 24.3 Å². The molecule has 0 unspecified atom stereocenters. The number of nitrogens with two attached hydrogens (primary N) is 1. The third-order valence-corrected chi connectivity index (χ3v) is 4.18. The molecule has 2 N–H and O–H groups in total. The van der Waals surface area contributed by atoms with Crippen LogP contribution < -0.4 is 14.6 Å². The smallest absolute Gasteiger partial charge is 0.342 e. The lowest BCUT2D eigenvalue weighted by molar-refractivity contribution is 0.0466. The second-order valence-corrected chi connectivity index (χ2v) is 6.36. The average molecular weight is 351 g/mol. The van der Waals surface area contributed by atoms with Crippen molar-refractivity contribution in [2.75, 3.05) is 14.2 Å². The SMILES string of the molecule is COc1ccccc1COC(=O)c1cc(S(N)(=O)=O)ccc1OC. The molecule has 128 valence electrons. The van der Waals surface area contributed by atoms with Gasteiger partial charge in [-0.15, -0.1) is 0 Å². The molecule has 24 heavy (non-hydrogen) atoms. The summed E-state index contributed by atoms with van der Waals surface area (Å²) >= 11 is 0. The highest BCUT2D eigenvalue weighted by Crippen LogP contribution is 2.24. The van der Waals surface area contributed by atoms with Crippen molar-refractivity contribution in [3.8, 4) is 11.5 Å². The van der Waals surface area contributed by atoms with E-state index in [1.54, 1.807) is 24.3 Å². The Balaban J connectivity index is 2.26. The Hall–Kier alpha value is -2.58. The average Bonchev–Trinajstić information content (AvgIpc) is 2.58. The number of esters is 1. The monoisotopic (exact) mass is 351 g/mol. The van der Waals surface area contributed by atoms with Crippen molar-refractivity contribution in [2.45, 2.75) is 11.5 Å². The predicted octanol–water partition coefficient (Wildman–Crippen LogP) is 1.71. The number of benzene rings is 2. The number of hydrogen-bond acceptors (Lipinski definition) is 6. The summed E-state index contributed by atoms with van der Waals surface area (Å²) in [5.41, 5.74) is 0.647. The minimum absolute atomic E-state index is 0.0288. The fourth-order valence-corrected chi connectivity index (χ4v) is 2.61. The summed E-state index contributed by atoms with van der Waals surface area (Å²) in [5.74, 6) is 0.0336. The van der Waals surface area contributed by atoms with Crippen molar-refractivity contribution in [3.05, 3.63) is 53.6 Å². The molecule has 0 spiro atoms. The third kappa shape index (κ3) is 4.03. The van der Waals surface area contributed by atoms with E-state index >= 15 is 0 Å². The van der Waals surface area contributed by atoms with Gasteiger partial charge in [0.2, 0.25) is 10.0 Å². The van der Waals surface area contributed by atoms with E-state index in [0.29, 0.717) is 11.3 Å². The Kier molecular flexibility index (Phi) is 5.42. The number of carbonyl (C=O) groups is 1.